The summed E-state index contributed by atoms with van der Waals surface area (Å²) in [5.41, 5.74) is 0.467. The fourth-order valence-electron chi connectivity index (χ4n) is 2.05. The van der Waals surface area contributed by atoms with Crippen LogP contribution in [0.5, 0.6) is 11.5 Å². The van der Waals surface area contributed by atoms with Gasteiger partial charge in [0.2, 0.25) is 0 Å². The summed E-state index contributed by atoms with van der Waals surface area (Å²) in [5.74, 6) is 1.73. The van der Waals surface area contributed by atoms with Crippen LogP contribution in [-0.4, -0.2) is 36.6 Å². The van der Waals surface area contributed by atoms with E-state index in [1.807, 2.05) is 0 Å². The Morgan fingerprint density at radius 3 is 2.86 bits per heavy atom. The fraction of sp³-hybridized carbons (Fsp3) is 0.333. The maximum absolute atomic E-state index is 12.2. The molecule has 1 aromatic carbocycles. The van der Waals surface area contributed by atoms with Crippen molar-refractivity contribution < 1.29 is 14.3 Å². The van der Waals surface area contributed by atoms with E-state index >= 15 is 0 Å². The van der Waals surface area contributed by atoms with Gasteiger partial charge in [0.25, 0.3) is 5.91 Å². The lowest BCUT2D eigenvalue weighted by molar-refractivity contribution is 0.0949. The first kappa shape index (κ1) is 14.9. The number of methoxy groups -OCH3 is 2. The smallest absolute Gasteiger partial charge is 0.255 e. The molecule has 0 saturated heterocycles. The van der Waals surface area contributed by atoms with Crippen LogP contribution in [0.15, 0.2) is 30.6 Å². The third-order valence-electron chi connectivity index (χ3n) is 3.08. The van der Waals surface area contributed by atoms with Crippen LogP contribution < -0.4 is 14.8 Å². The number of hydrogen-bond donors (Lipinski definition) is 2. The average Bonchev–Trinajstić information content (AvgIpc) is 3.03. The summed E-state index contributed by atoms with van der Waals surface area (Å²) in [6.07, 6.45) is 5.11. The third-order valence-corrected chi connectivity index (χ3v) is 3.08. The highest BCUT2D eigenvalue weighted by atomic mass is 16.5. The number of carbonyl (C=O) groups excluding carboxylic acids is 1. The maximum Gasteiger partial charge on any atom is 0.255 e. The van der Waals surface area contributed by atoms with Crippen molar-refractivity contribution in [1.29, 1.82) is 0 Å². The average molecular weight is 289 g/mol. The number of nitrogens with zero attached hydrogens (tertiary/aromatic N) is 1. The number of rotatable bonds is 7. The SMILES string of the molecule is COc1cccc(C(=O)NCCCc2ncc[nH]2)c1OC. The molecule has 0 bridgehead atoms. The van der Waals surface area contributed by atoms with Gasteiger partial charge < -0.3 is 19.8 Å². The standard InChI is InChI=1S/C15H19N3O3/c1-20-12-6-3-5-11(14(12)21-2)15(19)18-8-4-7-13-16-9-10-17-13/h3,5-6,9-10H,4,7-8H2,1-2H3,(H,16,17)(H,18,19). The molecule has 2 rings (SSSR count). The number of benzene rings is 1. The summed E-state index contributed by atoms with van der Waals surface area (Å²) in [4.78, 5) is 19.4. The monoisotopic (exact) mass is 289 g/mol. The van der Waals surface area contributed by atoms with E-state index in [0.717, 1.165) is 18.7 Å². The molecule has 0 radical (unpaired) electrons. The number of amides is 1. The molecule has 0 aliphatic heterocycles. The second-order valence-corrected chi connectivity index (χ2v) is 4.44. The van der Waals surface area contributed by atoms with Crippen molar-refractivity contribution in [3.8, 4) is 11.5 Å². The second-order valence-electron chi connectivity index (χ2n) is 4.44. The van der Waals surface area contributed by atoms with Gasteiger partial charge in [-0.2, -0.15) is 0 Å². The van der Waals surface area contributed by atoms with Gasteiger partial charge >= 0.3 is 0 Å². The minimum absolute atomic E-state index is 0.176. The Hall–Kier alpha value is -2.50. The molecule has 112 valence electrons. The predicted octanol–water partition coefficient (Wildman–Crippen LogP) is 1.79. The van der Waals surface area contributed by atoms with Crippen molar-refractivity contribution >= 4 is 5.91 Å². The van der Waals surface area contributed by atoms with E-state index in [-0.39, 0.29) is 5.91 Å². The molecular weight excluding hydrogens is 270 g/mol. The van der Waals surface area contributed by atoms with E-state index < -0.39 is 0 Å². The molecule has 1 aromatic heterocycles. The lowest BCUT2D eigenvalue weighted by Crippen LogP contribution is -2.25. The number of carbonyl (C=O) groups is 1. The van der Waals surface area contributed by atoms with E-state index in [2.05, 4.69) is 15.3 Å². The summed E-state index contributed by atoms with van der Waals surface area (Å²) in [7, 11) is 3.06. The van der Waals surface area contributed by atoms with Gasteiger partial charge in [0.1, 0.15) is 5.82 Å². The Morgan fingerprint density at radius 2 is 2.19 bits per heavy atom. The molecule has 0 unspecified atom stereocenters. The highest BCUT2D eigenvalue weighted by Gasteiger charge is 2.15. The van der Waals surface area contributed by atoms with E-state index in [1.54, 1.807) is 37.7 Å². The zero-order valence-corrected chi connectivity index (χ0v) is 12.2. The van der Waals surface area contributed by atoms with Crippen molar-refractivity contribution in [2.24, 2.45) is 0 Å². The van der Waals surface area contributed by atoms with Gasteiger partial charge in [-0.25, -0.2) is 4.98 Å². The van der Waals surface area contributed by atoms with Gasteiger partial charge in [0, 0.05) is 25.4 Å². The number of ether oxygens (including phenoxy) is 2. The van der Waals surface area contributed by atoms with Crippen molar-refractivity contribution in [2.75, 3.05) is 20.8 Å². The Morgan fingerprint density at radius 1 is 1.33 bits per heavy atom. The number of H-pyrrole nitrogens is 1. The summed E-state index contributed by atoms with van der Waals surface area (Å²) in [6, 6.07) is 5.23. The zero-order valence-electron chi connectivity index (χ0n) is 12.2. The number of imidazole rings is 1. The topological polar surface area (TPSA) is 76.2 Å². The summed E-state index contributed by atoms with van der Waals surface area (Å²) >= 11 is 0. The van der Waals surface area contributed by atoms with E-state index in [9.17, 15) is 4.79 Å². The van der Waals surface area contributed by atoms with Gasteiger partial charge in [-0.05, 0) is 18.6 Å². The lowest BCUT2D eigenvalue weighted by Gasteiger charge is -2.12. The predicted molar refractivity (Wildman–Crippen MR) is 78.8 cm³/mol. The highest BCUT2D eigenvalue weighted by Crippen LogP contribution is 2.30. The van der Waals surface area contributed by atoms with Crippen LogP contribution in [0.25, 0.3) is 0 Å². The molecule has 6 nitrogen and oxygen atoms in total. The van der Waals surface area contributed by atoms with E-state index in [0.29, 0.717) is 23.6 Å². The van der Waals surface area contributed by atoms with E-state index in [1.165, 1.54) is 7.11 Å². The number of hydrogen-bond acceptors (Lipinski definition) is 4. The molecule has 0 aliphatic rings. The van der Waals surface area contributed by atoms with Gasteiger partial charge in [-0.3, -0.25) is 4.79 Å². The molecule has 0 saturated carbocycles. The number of aromatic nitrogens is 2. The molecule has 21 heavy (non-hydrogen) atoms. The highest BCUT2D eigenvalue weighted by molar-refractivity contribution is 5.97. The fourth-order valence-corrected chi connectivity index (χ4v) is 2.05. The van der Waals surface area contributed by atoms with Crippen molar-refractivity contribution in [3.63, 3.8) is 0 Å². The molecule has 1 heterocycles. The second kappa shape index (κ2) is 7.33. The molecule has 0 spiro atoms. The summed E-state index contributed by atoms with van der Waals surface area (Å²) in [5, 5.41) is 2.87. The van der Waals surface area contributed by atoms with Crippen LogP contribution >= 0.6 is 0 Å². The molecular formula is C15H19N3O3. The minimum atomic E-state index is -0.176. The van der Waals surface area contributed by atoms with Crippen LogP contribution in [-0.2, 0) is 6.42 Å². The van der Waals surface area contributed by atoms with Crippen molar-refractivity contribution in [2.45, 2.75) is 12.8 Å². The first-order valence-corrected chi connectivity index (χ1v) is 6.73. The van der Waals surface area contributed by atoms with Gasteiger partial charge in [-0.15, -0.1) is 0 Å². The van der Waals surface area contributed by atoms with Crippen molar-refractivity contribution in [3.05, 3.63) is 42.0 Å². The number of para-hydroxylation sites is 1. The molecule has 0 atom stereocenters. The van der Waals surface area contributed by atoms with Crippen LogP contribution in [0.1, 0.15) is 22.6 Å². The van der Waals surface area contributed by atoms with Gasteiger partial charge in [0.15, 0.2) is 11.5 Å². The quantitative estimate of drug-likeness (QED) is 0.762. The van der Waals surface area contributed by atoms with Crippen LogP contribution in [0.4, 0.5) is 0 Å². The van der Waals surface area contributed by atoms with Crippen LogP contribution in [0.3, 0.4) is 0 Å². The van der Waals surface area contributed by atoms with Crippen LogP contribution in [0.2, 0.25) is 0 Å². The van der Waals surface area contributed by atoms with Crippen LogP contribution in [0, 0.1) is 0 Å². The number of aryl methyl sites for hydroxylation is 1. The largest absolute Gasteiger partial charge is 0.493 e. The maximum atomic E-state index is 12.2. The lowest BCUT2D eigenvalue weighted by atomic mass is 10.1. The summed E-state index contributed by atoms with van der Waals surface area (Å²) < 4.78 is 10.4. The molecule has 6 heteroatoms. The Bertz CT molecular complexity index is 582. The third kappa shape index (κ3) is 3.75. The first-order valence-electron chi connectivity index (χ1n) is 6.73. The molecule has 2 N–H and O–H groups in total. The molecule has 2 aromatic rings. The first-order chi connectivity index (χ1) is 10.3. The summed E-state index contributed by atoms with van der Waals surface area (Å²) in [6.45, 7) is 0.569. The Balaban J connectivity index is 1.91. The van der Waals surface area contributed by atoms with Crippen molar-refractivity contribution in [1.82, 2.24) is 15.3 Å². The van der Waals surface area contributed by atoms with E-state index in [4.69, 9.17) is 9.47 Å². The Kier molecular flexibility index (Phi) is 5.20. The molecule has 1 amide bonds. The zero-order chi connectivity index (χ0) is 15.1. The molecule has 0 aliphatic carbocycles. The number of aromatic amines is 1. The molecule has 0 fully saturated rings. The van der Waals surface area contributed by atoms with Gasteiger partial charge in [0.05, 0.1) is 19.8 Å². The minimum Gasteiger partial charge on any atom is -0.493 e. The normalized spacial score (nSPS) is 10.2. The number of nitrogens with one attached hydrogen (secondary N) is 2. The van der Waals surface area contributed by atoms with Gasteiger partial charge in [-0.1, -0.05) is 6.07 Å². The Labute approximate surface area is 123 Å².